The van der Waals surface area contributed by atoms with Gasteiger partial charge in [-0.05, 0) is 82.2 Å². The average Bonchev–Trinajstić information content (AvgIpc) is 3.42. The molecule has 1 atom stereocenters. The van der Waals surface area contributed by atoms with E-state index in [1.807, 2.05) is 32.8 Å². The number of amides is 1. The van der Waals surface area contributed by atoms with Gasteiger partial charge in [0.05, 0.1) is 15.1 Å². The predicted molar refractivity (Wildman–Crippen MR) is 138 cm³/mol. The van der Waals surface area contributed by atoms with Crippen LogP contribution in [0, 0.1) is 13.8 Å². The largest absolute Gasteiger partial charge is 0.308 e. The number of nitrogens with zero attached hydrogens (tertiary/aromatic N) is 4. The van der Waals surface area contributed by atoms with Crippen LogP contribution in [0.3, 0.4) is 0 Å². The smallest absolute Gasteiger partial charge is 0.247 e. The maximum atomic E-state index is 13.9. The van der Waals surface area contributed by atoms with Gasteiger partial charge in [0, 0.05) is 24.7 Å². The van der Waals surface area contributed by atoms with E-state index in [9.17, 15) is 13.2 Å². The van der Waals surface area contributed by atoms with Gasteiger partial charge in [0.25, 0.3) is 0 Å². The van der Waals surface area contributed by atoms with Gasteiger partial charge in [0.15, 0.2) is 5.13 Å². The summed E-state index contributed by atoms with van der Waals surface area (Å²) >= 11 is 7.42. The highest BCUT2D eigenvalue weighted by Gasteiger charge is 2.42. The van der Waals surface area contributed by atoms with Gasteiger partial charge in [-0.3, -0.25) is 9.69 Å². The minimum Gasteiger partial charge on any atom is -0.308 e. The van der Waals surface area contributed by atoms with Crippen molar-refractivity contribution < 1.29 is 13.2 Å². The van der Waals surface area contributed by atoms with Crippen LogP contribution in [0.1, 0.15) is 24.0 Å². The Morgan fingerprint density at radius 3 is 2.56 bits per heavy atom. The summed E-state index contributed by atoms with van der Waals surface area (Å²) in [6, 6.07) is 9.46. The Morgan fingerprint density at radius 1 is 1.18 bits per heavy atom. The number of anilines is 1. The first-order valence-corrected chi connectivity index (χ1v) is 13.8. The van der Waals surface area contributed by atoms with Crippen molar-refractivity contribution in [1.29, 1.82) is 0 Å². The van der Waals surface area contributed by atoms with Gasteiger partial charge in [0.2, 0.25) is 15.9 Å². The molecule has 0 bridgehead atoms. The molecular weight excluding hydrogens is 492 g/mol. The molecule has 34 heavy (non-hydrogen) atoms. The Labute approximate surface area is 210 Å². The van der Waals surface area contributed by atoms with Crippen LogP contribution in [0.2, 0.25) is 5.02 Å². The Morgan fingerprint density at radius 2 is 1.88 bits per heavy atom. The minimum absolute atomic E-state index is 0.141. The molecule has 1 fully saturated rings. The lowest BCUT2D eigenvalue weighted by Gasteiger charge is -2.29. The second-order valence-corrected chi connectivity index (χ2v) is 12.3. The fraction of sp³-hybridized carbons (Fsp3) is 0.417. The van der Waals surface area contributed by atoms with Gasteiger partial charge in [-0.15, -0.1) is 0 Å². The molecule has 1 aromatic heterocycles. The zero-order chi connectivity index (χ0) is 24.6. The molecule has 10 heteroatoms. The summed E-state index contributed by atoms with van der Waals surface area (Å²) in [6.45, 7) is 5.42. The molecule has 1 saturated heterocycles. The standard InChI is InChI=1S/C24H29ClN4O3S2/c1-16-14-17(2)22-21(15-16)33-24(26-22)28(13-12-27(3)4)23(30)20-6-5-11-29(20)34(31,32)19-9-7-18(25)8-10-19/h7-10,14-15,20H,5-6,11-13H2,1-4H3. The van der Waals surface area contributed by atoms with Crippen LogP contribution in [0.5, 0.6) is 0 Å². The van der Waals surface area contributed by atoms with Crippen molar-refractivity contribution >= 4 is 54.2 Å². The maximum Gasteiger partial charge on any atom is 0.247 e. The number of likely N-dealkylation sites (N-methyl/N-ethyl adjacent to an activating group) is 1. The third-order valence-electron chi connectivity index (χ3n) is 6.00. The molecule has 3 aromatic rings. The van der Waals surface area contributed by atoms with E-state index in [0.717, 1.165) is 21.3 Å². The summed E-state index contributed by atoms with van der Waals surface area (Å²) in [7, 11) is 0.0578. The molecule has 2 aromatic carbocycles. The summed E-state index contributed by atoms with van der Waals surface area (Å²) in [5.41, 5.74) is 3.08. The normalized spacial score (nSPS) is 17.1. The summed E-state index contributed by atoms with van der Waals surface area (Å²) in [5, 5.41) is 1.07. The lowest BCUT2D eigenvalue weighted by atomic mass is 10.1. The number of benzene rings is 2. The van der Waals surface area contributed by atoms with E-state index in [2.05, 4.69) is 12.1 Å². The molecule has 2 heterocycles. The van der Waals surface area contributed by atoms with Gasteiger partial charge >= 0.3 is 0 Å². The topological polar surface area (TPSA) is 73.8 Å². The minimum atomic E-state index is -3.83. The first-order valence-electron chi connectivity index (χ1n) is 11.2. The Kier molecular flexibility index (Phi) is 7.30. The van der Waals surface area contributed by atoms with Gasteiger partial charge in [-0.25, -0.2) is 13.4 Å². The molecule has 1 amide bonds. The van der Waals surface area contributed by atoms with Crippen molar-refractivity contribution in [2.24, 2.45) is 0 Å². The van der Waals surface area contributed by atoms with Crippen molar-refractivity contribution in [3.63, 3.8) is 0 Å². The highest BCUT2D eigenvalue weighted by Crippen LogP contribution is 2.34. The van der Waals surface area contributed by atoms with E-state index in [0.29, 0.717) is 42.6 Å². The summed E-state index contributed by atoms with van der Waals surface area (Å²) in [6.07, 6.45) is 1.11. The first kappa shape index (κ1) is 25.1. The van der Waals surface area contributed by atoms with Crippen LogP contribution < -0.4 is 4.90 Å². The fourth-order valence-corrected chi connectivity index (χ4v) is 7.22. The molecule has 0 N–H and O–H groups in total. The summed E-state index contributed by atoms with van der Waals surface area (Å²) in [4.78, 5) is 22.5. The van der Waals surface area contributed by atoms with Crippen LogP contribution in [0.15, 0.2) is 41.3 Å². The van der Waals surface area contributed by atoms with E-state index in [4.69, 9.17) is 16.6 Å². The number of hydrogen-bond donors (Lipinski definition) is 0. The molecule has 182 valence electrons. The monoisotopic (exact) mass is 520 g/mol. The van der Waals surface area contributed by atoms with E-state index >= 15 is 0 Å². The van der Waals surface area contributed by atoms with E-state index in [1.54, 1.807) is 17.0 Å². The number of sulfonamides is 1. The summed E-state index contributed by atoms with van der Waals surface area (Å²) in [5.74, 6) is -0.231. The van der Waals surface area contributed by atoms with Crippen molar-refractivity contribution in [3.05, 3.63) is 52.5 Å². The van der Waals surface area contributed by atoms with Crippen LogP contribution in [-0.4, -0.2) is 68.3 Å². The molecule has 1 aliphatic rings. The van der Waals surface area contributed by atoms with Crippen LogP contribution >= 0.6 is 22.9 Å². The number of halogens is 1. The molecule has 4 rings (SSSR count). The molecule has 1 aliphatic heterocycles. The molecule has 0 saturated carbocycles. The zero-order valence-corrected chi connectivity index (χ0v) is 22.2. The van der Waals surface area contributed by atoms with Crippen molar-refractivity contribution in [3.8, 4) is 0 Å². The highest BCUT2D eigenvalue weighted by molar-refractivity contribution is 7.89. The van der Waals surface area contributed by atoms with Crippen LogP contribution in [0.25, 0.3) is 10.2 Å². The number of rotatable bonds is 7. The Hall–Kier alpha value is -2.04. The zero-order valence-electron chi connectivity index (χ0n) is 19.8. The molecule has 1 unspecified atom stereocenters. The number of carbonyl (C=O) groups is 1. The second kappa shape index (κ2) is 9.91. The van der Waals surface area contributed by atoms with E-state index in [-0.39, 0.29) is 10.8 Å². The Balaban J connectivity index is 1.70. The van der Waals surface area contributed by atoms with Crippen LogP contribution in [0.4, 0.5) is 5.13 Å². The molecule has 0 radical (unpaired) electrons. The first-order chi connectivity index (χ1) is 16.1. The average molecular weight is 521 g/mol. The molecule has 0 aliphatic carbocycles. The van der Waals surface area contributed by atoms with Crippen molar-refractivity contribution in [2.75, 3.05) is 38.6 Å². The quantitative estimate of drug-likeness (QED) is 0.464. The van der Waals surface area contributed by atoms with Crippen molar-refractivity contribution in [2.45, 2.75) is 37.6 Å². The van der Waals surface area contributed by atoms with E-state index < -0.39 is 16.1 Å². The predicted octanol–water partition coefficient (Wildman–Crippen LogP) is 4.31. The number of carbonyl (C=O) groups excluding carboxylic acids is 1. The summed E-state index contributed by atoms with van der Waals surface area (Å²) < 4.78 is 29.2. The number of aromatic nitrogens is 1. The highest BCUT2D eigenvalue weighted by atomic mass is 35.5. The number of thiazole rings is 1. The molecular formula is C24H29ClN4O3S2. The van der Waals surface area contributed by atoms with E-state index in [1.165, 1.54) is 27.8 Å². The second-order valence-electron chi connectivity index (χ2n) is 8.95. The van der Waals surface area contributed by atoms with Crippen molar-refractivity contribution in [1.82, 2.24) is 14.2 Å². The van der Waals surface area contributed by atoms with Gasteiger partial charge in [0.1, 0.15) is 6.04 Å². The third-order valence-corrected chi connectivity index (χ3v) is 9.20. The SMILES string of the molecule is Cc1cc(C)c2nc(N(CCN(C)C)C(=O)C3CCCN3S(=O)(=O)c3ccc(Cl)cc3)sc2c1. The van der Waals surface area contributed by atoms with Crippen LogP contribution in [-0.2, 0) is 14.8 Å². The molecule has 0 spiro atoms. The number of aryl methyl sites for hydroxylation is 2. The van der Waals surface area contributed by atoms with Gasteiger partial charge < -0.3 is 4.90 Å². The number of fused-ring (bicyclic) bond motifs is 1. The fourth-order valence-electron chi connectivity index (χ4n) is 4.27. The maximum absolute atomic E-state index is 13.9. The third kappa shape index (κ3) is 4.99. The lowest BCUT2D eigenvalue weighted by molar-refractivity contribution is -0.121. The Bertz CT molecular complexity index is 1310. The molecule has 7 nitrogen and oxygen atoms in total. The van der Waals surface area contributed by atoms with Gasteiger partial charge in [-0.1, -0.05) is 29.0 Å². The lowest BCUT2D eigenvalue weighted by Crippen LogP contribution is -2.49. The number of hydrogen-bond acceptors (Lipinski definition) is 6. The van der Waals surface area contributed by atoms with Gasteiger partial charge in [-0.2, -0.15) is 4.31 Å².